The Kier molecular flexibility index (Phi) is 6.22. The lowest BCUT2D eigenvalue weighted by atomic mass is 10.1. The van der Waals surface area contributed by atoms with Crippen LogP contribution in [0.2, 0.25) is 0 Å². The zero-order valence-corrected chi connectivity index (χ0v) is 18.1. The molecule has 0 bridgehead atoms. The summed E-state index contributed by atoms with van der Waals surface area (Å²) in [5.74, 6) is -0.512. The topological polar surface area (TPSA) is 79.5 Å². The van der Waals surface area contributed by atoms with Crippen LogP contribution in [0.15, 0.2) is 58.2 Å². The molecule has 1 aliphatic rings. The fourth-order valence-corrected chi connectivity index (χ4v) is 5.30. The number of nitrogens with one attached hydrogen (secondary N) is 1. The number of sulfonamides is 1. The lowest BCUT2D eigenvalue weighted by Gasteiger charge is -2.25. The van der Waals surface area contributed by atoms with Gasteiger partial charge in [0, 0.05) is 30.8 Å². The summed E-state index contributed by atoms with van der Waals surface area (Å²) in [6.07, 6.45) is 2.24. The van der Waals surface area contributed by atoms with E-state index in [0.29, 0.717) is 17.7 Å². The average molecular weight is 445 g/mol. The maximum Gasteiger partial charge on any atom is 0.252 e. The molecule has 0 unspecified atom stereocenters. The van der Waals surface area contributed by atoms with Crippen LogP contribution in [0.25, 0.3) is 10.9 Å². The van der Waals surface area contributed by atoms with Gasteiger partial charge in [-0.1, -0.05) is 13.0 Å². The van der Waals surface area contributed by atoms with Gasteiger partial charge in [-0.25, -0.2) is 12.8 Å². The first-order valence-corrected chi connectivity index (χ1v) is 11.8. The second-order valence-electron chi connectivity index (χ2n) is 7.79. The van der Waals surface area contributed by atoms with Crippen molar-refractivity contribution in [3.63, 3.8) is 0 Å². The number of hydrogen-bond donors (Lipinski definition) is 1. The molecular formula is C23H25FN2O4S. The van der Waals surface area contributed by atoms with Gasteiger partial charge < -0.3 is 9.72 Å². The maximum atomic E-state index is 13.3. The molecule has 1 aromatic heterocycles. The molecule has 2 heterocycles. The van der Waals surface area contributed by atoms with Gasteiger partial charge in [-0.15, -0.1) is 0 Å². The van der Waals surface area contributed by atoms with Gasteiger partial charge in [-0.2, -0.15) is 4.31 Å². The van der Waals surface area contributed by atoms with E-state index in [1.165, 1.54) is 16.4 Å². The molecule has 0 radical (unpaired) electrons. The number of aromatic amines is 1. The molecule has 8 heteroatoms. The third kappa shape index (κ3) is 4.71. The molecule has 164 valence electrons. The van der Waals surface area contributed by atoms with Gasteiger partial charge in [0.25, 0.3) is 5.56 Å². The van der Waals surface area contributed by atoms with E-state index in [1.54, 1.807) is 6.07 Å². The third-order valence-electron chi connectivity index (χ3n) is 5.62. The van der Waals surface area contributed by atoms with Crippen molar-refractivity contribution >= 4 is 20.9 Å². The number of H-pyrrole nitrogens is 1. The lowest BCUT2D eigenvalue weighted by molar-refractivity contribution is 0.0925. The molecule has 1 atom stereocenters. The zero-order valence-electron chi connectivity index (χ0n) is 17.3. The van der Waals surface area contributed by atoms with Gasteiger partial charge >= 0.3 is 0 Å². The van der Waals surface area contributed by atoms with E-state index in [2.05, 4.69) is 4.98 Å². The Morgan fingerprint density at radius 2 is 1.94 bits per heavy atom. The van der Waals surface area contributed by atoms with Crippen LogP contribution in [-0.2, 0) is 27.7 Å². The molecule has 1 N–H and O–H groups in total. The van der Waals surface area contributed by atoms with Crippen LogP contribution >= 0.6 is 0 Å². The van der Waals surface area contributed by atoms with Crippen LogP contribution in [0.3, 0.4) is 0 Å². The standard InChI is InChI=1S/C23H25FN2O4S/c1-2-16-5-10-22-17(12-16)13-18(23(27)25-22)14-26(15-20-4-3-11-30-20)31(28,29)21-8-6-19(24)7-9-21/h5-10,12-13,20H,2-4,11,14-15H2,1H3,(H,25,27)/t20-/m0/s1. The highest BCUT2D eigenvalue weighted by Crippen LogP contribution is 2.23. The first kappa shape index (κ1) is 21.7. The first-order chi connectivity index (χ1) is 14.9. The Bertz CT molecular complexity index is 1230. The second kappa shape index (κ2) is 8.90. The number of fused-ring (bicyclic) bond motifs is 1. The van der Waals surface area contributed by atoms with Crippen molar-refractivity contribution in [3.05, 3.63) is 75.8 Å². The van der Waals surface area contributed by atoms with E-state index in [-0.39, 0.29) is 29.6 Å². The van der Waals surface area contributed by atoms with E-state index in [0.717, 1.165) is 42.3 Å². The van der Waals surface area contributed by atoms with E-state index in [1.807, 2.05) is 25.1 Å². The van der Waals surface area contributed by atoms with Gasteiger partial charge in [0.1, 0.15) is 5.82 Å². The van der Waals surface area contributed by atoms with Crippen molar-refractivity contribution < 1.29 is 17.5 Å². The van der Waals surface area contributed by atoms with Crippen molar-refractivity contribution in [2.75, 3.05) is 13.2 Å². The van der Waals surface area contributed by atoms with Gasteiger partial charge in [-0.05, 0) is 72.7 Å². The molecule has 4 rings (SSSR count). The van der Waals surface area contributed by atoms with Crippen LogP contribution in [0.4, 0.5) is 4.39 Å². The molecule has 0 aliphatic carbocycles. The maximum absolute atomic E-state index is 13.3. The minimum Gasteiger partial charge on any atom is -0.377 e. The van der Waals surface area contributed by atoms with Crippen LogP contribution in [0.5, 0.6) is 0 Å². The fourth-order valence-electron chi connectivity index (χ4n) is 3.85. The van der Waals surface area contributed by atoms with Crippen LogP contribution in [-0.4, -0.2) is 37.0 Å². The Balaban J connectivity index is 1.72. The van der Waals surface area contributed by atoms with Gasteiger partial charge in [0.15, 0.2) is 0 Å². The van der Waals surface area contributed by atoms with Crippen molar-refractivity contribution in [1.29, 1.82) is 0 Å². The molecule has 2 aromatic carbocycles. The van der Waals surface area contributed by atoms with Crippen molar-refractivity contribution in [3.8, 4) is 0 Å². The van der Waals surface area contributed by atoms with Crippen LogP contribution in [0.1, 0.15) is 30.9 Å². The predicted molar refractivity (Wildman–Crippen MR) is 117 cm³/mol. The molecule has 1 saturated heterocycles. The summed E-state index contributed by atoms with van der Waals surface area (Å²) in [6, 6.07) is 12.3. The molecule has 31 heavy (non-hydrogen) atoms. The number of aryl methyl sites for hydroxylation is 1. The summed E-state index contributed by atoms with van der Waals surface area (Å²) in [7, 11) is -3.95. The van der Waals surface area contributed by atoms with Gasteiger partial charge in [0.2, 0.25) is 10.0 Å². The number of halogens is 1. The van der Waals surface area contributed by atoms with E-state index < -0.39 is 15.8 Å². The molecular weight excluding hydrogens is 419 g/mol. The Hall–Kier alpha value is -2.55. The third-order valence-corrected chi connectivity index (χ3v) is 7.45. The summed E-state index contributed by atoms with van der Waals surface area (Å²) >= 11 is 0. The number of rotatable bonds is 7. The SMILES string of the molecule is CCc1ccc2[nH]c(=O)c(CN(C[C@@H]3CCCO3)S(=O)(=O)c3ccc(F)cc3)cc2c1. The van der Waals surface area contributed by atoms with Gasteiger partial charge in [0.05, 0.1) is 11.0 Å². The second-order valence-corrected chi connectivity index (χ2v) is 9.72. The molecule has 3 aromatic rings. The normalized spacial score (nSPS) is 16.9. The lowest BCUT2D eigenvalue weighted by Crippen LogP contribution is -2.38. The minimum atomic E-state index is -3.95. The highest BCUT2D eigenvalue weighted by Gasteiger charge is 2.30. The molecule has 1 fully saturated rings. The highest BCUT2D eigenvalue weighted by molar-refractivity contribution is 7.89. The molecule has 0 spiro atoms. The Morgan fingerprint density at radius 3 is 2.61 bits per heavy atom. The summed E-state index contributed by atoms with van der Waals surface area (Å²) in [5.41, 5.74) is 1.85. The van der Waals surface area contributed by atoms with E-state index in [9.17, 15) is 17.6 Å². The molecule has 0 amide bonds. The average Bonchev–Trinajstić information content (AvgIpc) is 3.27. The number of hydrogen-bond acceptors (Lipinski definition) is 4. The van der Waals surface area contributed by atoms with E-state index in [4.69, 9.17) is 4.74 Å². The Morgan fingerprint density at radius 1 is 1.16 bits per heavy atom. The molecule has 1 aliphatic heterocycles. The quantitative estimate of drug-likeness (QED) is 0.604. The number of nitrogens with zero attached hydrogens (tertiary/aromatic N) is 1. The van der Waals surface area contributed by atoms with Gasteiger partial charge in [-0.3, -0.25) is 4.79 Å². The molecule has 0 saturated carbocycles. The van der Waals surface area contributed by atoms with E-state index >= 15 is 0 Å². The minimum absolute atomic E-state index is 0.0163. The molecule has 6 nitrogen and oxygen atoms in total. The van der Waals surface area contributed by atoms with Crippen LogP contribution < -0.4 is 5.56 Å². The zero-order chi connectivity index (χ0) is 22.0. The smallest absolute Gasteiger partial charge is 0.252 e. The summed E-state index contributed by atoms with van der Waals surface area (Å²) < 4.78 is 46.9. The fraction of sp³-hybridized carbons (Fsp3) is 0.348. The van der Waals surface area contributed by atoms with Crippen molar-refractivity contribution in [2.24, 2.45) is 0 Å². The number of aromatic nitrogens is 1. The number of ether oxygens (including phenoxy) is 1. The summed E-state index contributed by atoms with van der Waals surface area (Å²) in [5, 5.41) is 0.852. The van der Waals surface area contributed by atoms with Crippen molar-refractivity contribution in [1.82, 2.24) is 9.29 Å². The summed E-state index contributed by atoms with van der Waals surface area (Å²) in [6.45, 7) is 2.67. The monoisotopic (exact) mass is 444 g/mol. The van der Waals surface area contributed by atoms with Crippen molar-refractivity contribution in [2.45, 2.75) is 43.7 Å². The number of benzene rings is 2. The first-order valence-electron chi connectivity index (χ1n) is 10.4. The number of pyridine rings is 1. The van der Waals surface area contributed by atoms with Crippen LogP contribution in [0, 0.1) is 5.82 Å². The Labute approximate surface area is 180 Å². The highest BCUT2D eigenvalue weighted by atomic mass is 32.2. The largest absolute Gasteiger partial charge is 0.377 e. The summed E-state index contributed by atoms with van der Waals surface area (Å²) in [4.78, 5) is 15.5. The predicted octanol–water partition coefficient (Wildman–Crippen LogP) is 3.60.